The van der Waals surface area contributed by atoms with Crippen molar-refractivity contribution in [3.8, 4) is 0 Å². The number of amides is 1. The zero-order chi connectivity index (χ0) is 19.6. The highest BCUT2D eigenvalue weighted by molar-refractivity contribution is 7.98. The Kier molecular flexibility index (Phi) is 8.16. The molecule has 0 aliphatic rings. The van der Waals surface area contributed by atoms with E-state index in [1.165, 1.54) is 11.3 Å². The minimum Gasteiger partial charge on any atom is -0.308 e. The van der Waals surface area contributed by atoms with Gasteiger partial charge >= 0.3 is 0 Å². The molecule has 1 amide bonds. The monoisotopic (exact) mass is 455 g/mol. The molecular formula is C20H23Cl2N3OS2. The summed E-state index contributed by atoms with van der Waals surface area (Å²) in [5.74, 6) is -0.0349. The number of thioether (sulfide) groups is 1. The van der Waals surface area contributed by atoms with Crippen LogP contribution in [0.2, 0.25) is 5.02 Å². The van der Waals surface area contributed by atoms with Gasteiger partial charge in [-0.1, -0.05) is 22.9 Å². The van der Waals surface area contributed by atoms with Crippen LogP contribution in [0.5, 0.6) is 0 Å². The molecule has 0 aliphatic heterocycles. The van der Waals surface area contributed by atoms with Crippen molar-refractivity contribution in [1.82, 2.24) is 9.88 Å². The molecule has 1 aromatic heterocycles. The lowest BCUT2D eigenvalue weighted by Gasteiger charge is -2.22. The molecule has 8 heteroatoms. The predicted molar refractivity (Wildman–Crippen MR) is 125 cm³/mol. The molecule has 0 atom stereocenters. The third-order valence-corrected chi connectivity index (χ3v) is 6.52. The quantitative estimate of drug-likeness (QED) is 0.452. The van der Waals surface area contributed by atoms with E-state index in [1.807, 2.05) is 63.7 Å². The van der Waals surface area contributed by atoms with E-state index in [0.29, 0.717) is 22.3 Å². The van der Waals surface area contributed by atoms with Crippen molar-refractivity contribution >= 4 is 68.4 Å². The van der Waals surface area contributed by atoms with Gasteiger partial charge in [-0.25, -0.2) is 4.98 Å². The zero-order valence-corrected chi connectivity index (χ0v) is 19.4. The first-order valence-electron chi connectivity index (χ1n) is 8.57. The van der Waals surface area contributed by atoms with Crippen molar-refractivity contribution in [2.45, 2.75) is 11.8 Å². The molecule has 2 aromatic carbocycles. The molecule has 0 fully saturated rings. The van der Waals surface area contributed by atoms with Crippen LogP contribution in [-0.2, 0) is 0 Å². The van der Waals surface area contributed by atoms with E-state index < -0.39 is 0 Å². The number of aromatic nitrogens is 1. The van der Waals surface area contributed by atoms with Crippen molar-refractivity contribution in [2.24, 2.45) is 0 Å². The number of rotatable bonds is 6. The van der Waals surface area contributed by atoms with Crippen LogP contribution < -0.4 is 4.90 Å². The average Bonchev–Trinajstić information content (AvgIpc) is 3.09. The van der Waals surface area contributed by atoms with Gasteiger partial charge in [0, 0.05) is 28.6 Å². The highest BCUT2D eigenvalue weighted by Crippen LogP contribution is 2.34. The van der Waals surface area contributed by atoms with Crippen LogP contribution in [0.4, 0.5) is 5.13 Å². The van der Waals surface area contributed by atoms with Gasteiger partial charge in [-0.3, -0.25) is 9.69 Å². The summed E-state index contributed by atoms with van der Waals surface area (Å²) < 4.78 is 1.03. The van der Waals surface area contributed by atoms with E-state index in [9.17, 15) is 4.79 Å². The van der Waals surface area contributed by atoms with E-state index >= 15 is 0 Å². The zero-order valence-electron chi connectivity index (χ0n) is 16.2. The summed E-state index contributed by atoms with van der Waals surface area (Å²) in [6, 6.07) is 11.6. The van der Waals surface area contributed by atoms with Gasteiger partial charge in [-0.05, 0) is 69.2 Å². The maximum absolute atomic E-state index is 13.2. The van der Waals surface area contributed by atoms with Gasteiger partial charge in [-0.2, -0.15) is 0 Å². The van der Waals surface area contributed by atoms with Crippen LogP contribution in [0, 0.1) is 6.92 Å². The number of hydrogen-bond donors (Lipinski definition) is 0. The number of halogens is 2. The predicted octanol–water partition coefficient (Wildman–Crippen LogP) is 5.61. The Morgan fingerprint density at radius 2 is 1.82 bits per heavy atom. The number of fused-ring (bicyclic) bond motifs is 1. The van der Waals surface area contributed by atoms with E-state index in [2.05, 4.69) is 4.90 Å². The SMILES string of the molecule is CSc1ccc(C(=O)N(CCN(C)C)c2nc3c(C)c(Cl)ccc3s2)cc1.Cl. The van der Waals surface area contributed by atoms with E-state index in [-0.39, 0.29) is 18.3 Å². The smallest absolute Gasteiger partial charge is 0.260 e. The normalized spacial score (nSPS) is 10.9. The third kappa shape index (κ3) is 4.99. The number of carbonyl (C=O) groups is 1. The van der Waals surface area contributed by atoms with Gasteiger partial charge in [0.05, 0.1) is 10.2 Å². The fourth-order valence-electron chi connectivity index (χ4n) is 2.68. The first kappa shape index (κ1) is 23.0. The van der Waals surface area contributed by atoms with Gasteiger partial charge in [0.2, 0.25) is 0 Å². The molecule has 0 bridgehead atoms. The number of carbonyl (C=O) groups excluding carboxylic acids is 1. The minimum atomic E-state index is -0.0349. The Morgan fingerprint density at radius 3 is 2.43 bits per heavy atom. The van der Waals surface area contributed by atoms with Gasteiger partial charge in [-0.15, -0.1) is 24.2 Å². The van der Waals surface area contributed by atoms with Gasteiger partial charge in [0.1, 0.15) is 0 Å². The van der Waals surface area contributed by atoms with Crippen molar-refractivity contribution in [2.75, 3.05) is 38.3 Å². The minimum absolute atomic E-state index is 0. The molecule has 0 spiro atoms. The molecule has 0 unspecified atom stereocenters. The molecule has 4 nitrogen and oxygen atoms in total. The molecule has 0 saturated carbocycles. The number of hydrogen-bond acceptors (Lipinski definition) is 5. The lowest BCUT2D eigenvalue weighted by Crippen LogP contribution is -2.36. The molecule has 150 valence electrons. The van der Waals surface area contributed by atoms with E-state index in [1.54, 1.807) is 16.7 Å². The lowest BCUT2D eigenvalue weighted by molar-refractivity contribution is 0.0985. The number of benzene rings is 2. The first-order chi connectivity index (χ1) is 12.9. The Labute approximate surface area is 185 Å². The second-order valence-electron chi connectivity index (χ2n) is 6.50. The van der Waals surface area contributed by atoms with Crippen LogP contribution in [0.1, 0.15) is 15.9 Å². The summed E-state index contributed by atoms with van der Waals surface area (Å²) in [5, 5.41) is 1.40. The third-order valence-electron chi connectivity index (χ3n) is 4.32. The Balaban J connectivity index is 0.00000280. The summed E-state index contributed by atoms with van der Waals surface area (Å²) in [6.07, 6.45) is 2.02. The molecular weight excluding hydrogens is 433 g/mol. The second-order valence-corrected chi connectivity index (χ2v) is 8.80. The largest absolute Gasteiger partial charge is 0.308 e. The Bertz CT molecular complexity index is 958. The Hall–Kier alpha value is -1.31. The van der Waals surface area contributed by atoms with Crippen LogP contribution >= 0.6 is 47.1 Å². The number of thiazole rings is 1. The molecule has 0 radical (unpaired) electrons. The average molecular weight is 456 g/mol. The lowest BCUT2D eigenvalue weighted by atomic mass is 10.2. The fourth-order valence-corrected chi connectivity index (χ4v) is 4.29. The van der Waals surface area contributed by atoms with E-state index in [0.717, 1.165) is 27.2 Å². The summed E-state index contributed by atoms with van der Waals surface area (Å²) in [5.41, 5.74) is 2.48. The van der Waals surface area contributed by atoms with Gasteiger partial charge < -0.3 is 4.90 Å². The molecule has 3 rings (SSSR count). The summed E-state index contributed by atoms with van der Waals surface area (Å²) in [6.45, 7) is 3.29. The Morgan fingerprint density at radius 1 is 1.14 bits per heavy atom. The highest BCUT2D eigenvalue weighted by Gasteiger charge is 2.22. The molecule has 28 heavy (non-hydrogen) atoms. The number of anilines is 1. The first-order valence-corrected chi connectivity index (χ1v) is 11.0. The van der Waals surface area contributed by atoms with E-state index in [4.69, 9.17) is 16.6 Å². The van der Waals surface area contributed by atoms with Crippen LogP contribution in [-0.4, -0.2) is 49.2 Å². The van der Waals surface area contributed by atoms with Gasteiger partial charge in [0.15, 0.2) is 5.13 Å². The highest BCUT2D eigenvalue weighted by atomic mass is 35.5. The molecule has 0 N–H and O–H groups in total. The van der Waals surface area contributed by atoms with Crippen molar-refractivity contribution < 1.29 is 4.79 Å². The summed E-state index contributed by atoms with van der Waals surface area (Å²) in [4.78, 5) is 22.9. The molecule has 0 saturated heterocycles. The standard InChI is InChI=1S/C20H22ClN3OS2.ClH/c1-13-16(21)9-10-17-18(13)22-20(27-17)24(12-11-23(2)3)19(25)14-5-7-15(26-4)8-6-14;/h5-10H,11-12H2,1-4H3;1H. The van der Waals surface area contributed by atoms with Crippen LogP contribution in [0.25, 0.3) is 10.2 Å². The van der Waals surface area contributed by atoms with Gasteiger partial charge in [0.25, 0.3) is 5.91 Å². The van der Waals surface area contributed by atoms with Crippen molar-refractivity contribution in [1.29, 1.82) is 0 Å². The van der Waals surface area contributed by atoms with Crippen molar-refractivity contribution in [3.05, 3.63) is 52.5 Å². The summed E-state index contributed by atoms with van der Waals surface area (Å²) >= 11 is 9.42. The molecule has 0 aliphatic carbocycles. The topological polar surface area (TPSA) is 36.4 Å². The number of likely N-dealkylation sites (N-methyl/N-ethyl adjacent to an activating group) is 1. The van der Waals surface area contributed by atoms with Crippen molar-refractivity contribution in [3.63, 3.8) is 0 Å². The summed E-state index contributed by atoms with van der Waals surface area (Å²) in [7, 11) is 4.00. The van der Waals surface area contributed by atoms with Crippen LogP contribution in [0.15, 0.2) is 41.3 Å². The number of nitrogens with zero attached hydrogens (tertiary/aromatic N) is 3. The maximum Gasteiger partial charge on any atom is 0.260 e. The fraction of sp³-hybridized carbons (Fsp3) is 0.300. The molecule has 1 heterocycles. The maximum atomic E-state index is 13.2. The number of aryl methyl sites for hydroxylation is 1. The van der Waals surface area contributed by atoms with Crippen LogP contribution in [0.3, 0.4) is 0 Å². The second kappa shape index (κ2) is 9.94. The molecule has 3 aromatic rings.